The molecule has 0 atom stereocenters. The molecule has 5 aromatic rings. The Labute approximate surface area is 241 Å². The summed E-state index contributed by atoms with van der Waals surface area (Å²) < 4.78 is 10.8. The normalized spacial score (nSPS) is 12.1. The quantitative estimate of drug-likeness (QED) is 0.119. The van der Waals surface area contributed by atoms with Crippen molar-refractivity contribution >= 4 is 40.5 Å². The number of amides is 2. The predicted molar refractivity (Wildman–Crippen MR) is 158 cm³/mol. The van der Waals surface area contributed by atoms with E-state index >= 15 is 0 Å². The van der Waals surface area contributed by atoms with Crippen molar-refractivity contribution in [3.63, 3.8) is 0 Å². The van der Waals surface area contributed by atoms with E-state index in [-0.39, 0.29) is 17.6 Å². The van der Waals surface area contributed by atoms with Crippen LogP contribution in [-0.2, 0) is 6.54 Å². The molecule has 2 heterocycles. The molecule has 0 radical (unpaired) electrons. The summed E-state index contributed by atoms with van der Waals surface area (Å²) in [7, 11) is 1.46. The number of rotatable bonds is 8. The standard InChI is InChI=1S/C33H24N4O5/c1-41-29-17-22(12-15-28(29)42-33(40)25-7-4-16-34-19-25)18-35-36-31(38)24-13-10-21(11-14-24)20-37-27-9-3-6-23-5-2-8-26(30(23)27)32(37)39/h2-19H,20H2,1H3,(H,36,38)/b35-18+. The lowest BCUT2D eigenvalue weighted by atomic mass is 10.1. The van der Waals surface area contributed by atoms with Gasteiger partial charge in [-0.1, -0.05) is 36.4 Å². The fraction of sp³-hybridized carbons (Fsp3) is 0.0606. The van der Waals surface area contributed by atoms with Crippen LogP contribution in [0.15, 0.2) is 108 Å². The lowest BCUT2D eigenvalue weighted by Crippen LogP contribution is -2.26. The first kappa shape index (κ1) is 26.4. The summed E-state index contributed by atoms with van der Waals surface area (Å²) in [5.74, 6) is -0.413. The molecule has 1 N–H and O–H groups in total. The molecule has 0 saturated heterocycles. The van der Waals surface area contributed by atoms with Crippen LogP contribution in [0.2, 0.25) is 0 Å². The molecule has 42 heavy (non-hydrogen) atoms. The Morgan fingerprint density at radius 1 is 0.929 bits per heavy atom. The minimum absolute atomic E-state index is 0.0331. The number of methoxy groups -OCH3 is 1. The van der Waals surface area contributed by atoms with E-state index in [4.69, 9.17) is 9.47 Å². The third-order valence-corrected chi connectivity index (χ3v) is 6.87. The molecular formula is C33H24N4O5. The number of ether oxygens (including phenoxy) is 2. The molecule has 0 spiro atoms. The van der Waals surface area contributed by atoms with Crippen molar-refractivity contribution in [3.8, 4) is 11.5 Å². The fourth-order valence-corrected chi connectivity index (χ4v) is 4.80. The number of hydrogen-bond donors (Lipinski definition) is 1. The molecule has 6 rings (SSSR count). The topological polar surface area (TPSA) is 110 Å². The summed E-state index contributed by atoms with van der Waals surface area (Å²) in [5.41, 5.74) is 6.35. The number of aromatic nitrogens is 1. The van der Waals surface area contributed by atoms with Crippen LogP contribution in [0.3, 0.4) is 0 Å². The summed E-state index contributed by atoms with van der Waals surface area (Å²) in [4.78, 5) is 43.8. The summed E-state index contributed by atoms with van der Waals surface area (Å²) >= 11 is 0. The van der Waals surface area contributed by atoms with E-state index in [0.717, 1.165) is 22.0 Å². The van der Waals surface area contributed by atoms with Gasteiger partial charge < -0.3 is 14.4 Å². The summed E-state index contributed by atoms with van der Waals surface area (Å²) in [6, 6.07) is 26.8. The molecule has 4 aromatic carbocycles. The predicted octanol–water partition coefficient (Wildman–Crippen LogP) is 5.39. The second kappa shape index (κ2) is 11.3. The number of anilines is 1. The number of nitrogens with zero attached hydrogens (tertiary/aromatic N) is 3. The van der Waals surface area contributed by atoms with Gasteiger partial charge in [0, 0.05) is 28.9 Å². The van der Waals surface area contributed by atoms with Crippen molar-refractivity contribution in [2.45, 2.75) is 6.54 Å². The van der Waals surface area contributed by atoms with E-state index in [2.05, 4.69) is 15.5 Å². The van der Waals surface area contributed by atoms with Crippen LogP contribution in [0.1, 0.15) is 42.2 Å². The maximum atomic E-state index is 13.1. The highest BCUT2D eigenvalue weighted by Crippen LogP contribution is 2.38. The molecule has 206 valence electrons. The smallest absolute Gasteiger partial charge is 0.345 e. The summed E-state index contributed by atoms with van der Waals surface area (Å²) in [6.45, 7) is 0.391. The van der Waals surface area contributed by atoms with Gasteiger partial charge in [0.1, 0.15) is 0 Å². The second-order valence-electron chi connectivity index (χ2n) is 9.51. The highest BCUT2D eigenvalue weighted by molar-refractivity contribution is 6.24. The number of nitrogens with one attached hydrogen (secondary N) is 1. The second-order valence-corrected chi connectivity index (χ2v) is 9.51. The molecular weight excluding hydrogens is 532 g/mol. The highest BCUT2D eigenvalue weighted by Gasteiger charge is 2.29. The zero-order valence-electron chi connectivity index (χ0n) is 22.5. The van der Waals surface area contributed by atoms with Crippen LogP contribution in [0.5, 0.6) is 11.5 Å². The molecule has 0 saturated carbocycles. The van der Waals surface area contributed by atoms with E-state index in [1.807, 2.05) is 48.5 Å². The van der Waals surface area contributed by atoms with Gasteiger partial charge in [-0.25, -0.2) is 10.2 Å². The first-order chi connectivity index (χ1) is 20.5. The number of carbonyl (C=O) groups is 3. The van der Waals surface area contributed by atoms with Crippen LogP contribution in [0.25, 0.3) is 10.8 Å². The van der Waals surface area contributed by atoms with Gasteiger partial charge in [-0.15, -0.1) is 0 Å². The van der Waals surface area contributed by atoms with Crippen molar-refractivity contribution in [1.82, 2.24) is 10.4 Å². The molecule has 0 unspecified atom stereocenters. The zero-order valence-corrected chi connectivity index (χ0v) is 22.5. The van der Waals surface area contributed by atoms with Crippen LogP contribution >= 0.6 is 0 Å². The van der Waals surface area contributed by atoms with Gasteiger partial charge in [0.2, 0.25) is 0 Å². The average Bonchev–Trinajstić information content (AvgIpc) is 3.30. The van der Waals surface area contributed by atoms with E-state index in [9.17, 15) is 14.4 Å². The maximum absolute atomic E-state index is 13.1. The Hall–Kier alpha value is -5.83. The highest BCUT2D eigenvalue weighted by atomic mass is 16.6. The van der Waals surface area contributed by atoms with Gasteiger partial charge in [-0.05, 0) is 71.1 Å². The number of esters is 1. The number of pyridine rings is 1. The first-order valence-corrected chi connectivity index (χ1v) is 13.1. The van der Waals surface area contributed by atoms with Crippen LogP contribution in [0, 0.1) is 0 Å². The monoisotopic (exact) mass is 556 g/mol. The van der Waals surface area contributed by atoms with Crippen LogP contribution in [-0.4, -0.2) is 36.1 Å². The third kappa shape index (κ3) is 5.18. The Balaban J connectivity index is 1.08. The maximum Gasteiger partial charge on any atom is 0.345 e. The van der Waals surface area contributed by atoms with Gasteiger partial charge in [0.15, 0.2) is 11.5 Å². The Morgan fingerprint density at radius 2 is 1.74 bits per heavy atom. The molecule has 1 aliphatic rings. The summed E-state index contributed by atoms with van der Waals surface area (Å²) in [5, 5.41) is 6.05. The Morgan fingerprint density at radius 3 is 2.50 bits per heavy atom. The van der Waals surface area contributed by atoms with Gasteiger partial charge in [-0.3, -0.25) is 14.6 Å². The average molecular weight is 557 g/mol. The summed E-state index contributed by atoms with van der Waals surface area (Å²) in [6.07, 6.45) is 4.44. The van der Waals surface area contributed by atoms with Gasteiger partial charge in [-0.2, -0.15) is 5.10 Å². The molecule has 0 fully saturated rings. The molecule has 2 amide bonds. The zero-order chi connectivity index (χ0) is 29.1. The van der Waals surface area contributed by atoms with Gasteiger partial charge >= 0.3 is 5.97 Å². The van der Waals surface area contributed by atoms with Gasteiger partial charge in [0.05, 0.1) is 31.1 Å². The van der Waals surface area contributed by atoms with Crippen molar-refractivity contribution < 1.29 is 23.9 Å². The Bertz CT molecular complexity index is 1850. The van der Waals surface area contributed by atoms with Crippen molar-refractivity contribution in [2.75, 3.05) is 12.0 Å². The molecule has 0 aliphatic carbocycles. The first-order valence-electron chi connectivity index (χ1n) is 13.1. The number of hydrogen-bond acceptors (Lipinski definition) is 7. The van der Waals surface area contributed by atoms with Crippen LogP contribution < -0.4 is 19.8 Å². The molecule has 9 heteroatoms. The number of hydrazone groups is 1. The third-order valence-electron chi connectivity index (χ3n) is 6.87. The van der Waals surface area contributed by atoms with E-state index in [0.29, 0.717) is 34.5 Å². The molecule has 1 aliphatic heterocycles. The fourth-order valence-electron chi connectivity index (χ4n) is 4.80. The molecule has 9 nitrogen and oxygen atoms in total. The Kier molecular flexibility index (Phi) is 7.13. The van der Waals surface area contributed by atoms with Crippen molar-refractivity contribution in [1.29, 1.82) is 0 Å². The van der Waals surface area contributed by atoms with E-state index in [1.54, 1.807) is 53.6 Å². The minimum atomic E-state index is -0.560. The van der Waals surface area contributed by atoms with Crippen molar-refractivity contribution in [2.24, 2.45) is 5.10 Å². The number of benzene rings is 4. The molecule has 1 aromatic heterocycles. The number of carbonyl (C=O) groups excluding carboxylic acids is 3. The lowest BCUT2D eigenvalue weighted by molar-refractivity contribution is 0.0728. The minimum Gasteiger partial charge on any atom is -0.493 e. The van der Waals surface area contributed by atoms with E-state index in [1.165, 1.54) is 19.5 Å². The van der Waals surface area contributed by atoms with Crippen LogP contribution in [0.4, 0.5) is 5.69 Å². The van der Waals surface area contributed by atoms with E-state index < -0.39 is 5.97 Å². The van der Waals surface area contributed by atoms with Crippen molar-refractivity contribution in [3.05, 3.63) is 131 Å². The largest absolute Gasteiger partial charge is 0.493 e. The SMILES string of the molecule is COc1cc(/C=N/NC(=O)c2ccc(CN3C(=O)c4cccc5cccc3c45)cc2)ccc1OC(=O)c1cccnc1. The lowest BCUT2D eigenvalue weighted by Gasteiger charge is -2.18. The molecule has 0 bridgehead atoms. The van der Waals surface area contributed by atoms with Gasteiger partial charge in [0.25, 0.3) is 11.8 Å².